The molecule has 17 heavy (non-hydrogen) atoms. The molecule has 1 aromatic rings. The van der Waals surface area contributed by atoms with Crippen molar-refractivity contribution in [3.8, 4) is 0 Å². The molecule has 0 radical (unpaired) electrons. The molecule has 0 heterocycles. The number of amides is 1. The largest absolute Gasteiger partial charge is 0.326 e. The summed E-state index contributed by atoms with van der Waals surface area (Å²) < 4.78 is 25.5. The zero-order valence-corrected chi connectivity index (χ0v) is 10.7. The Morgan fingerprint density at radius 1 is 1.29 bits per heavy atom. The quantitative estimate of drug-likeness (QED) is 0.843. The van der Waals surface area contributed by atoms with Crippen LogP contribution >= 0.6 is 0 Å². The first kappa shape index (κ1) is 13.5. The molecule has 0 atom stereocenters. The van der Waals surface area contributed by atoms with Crippen molar-refractivity contribution in [2.75, 3.05) is 15.8 Å². The third kappa shape index (κ3) is 4.86. The van der Waals surface area contributed by atoms with E-state index in [0.29, 0.717) is 17.8 Å². The van der Waals surface area contributed by atoms with Gasteiger partial charge in [-0.3, -0.25) is 9.52 Å². The van der Waals surface area contributed by atoms with Gasteiger partial charge in [-0.05, 0) is 24.6 Å². The van der Waals surface area contributed by atoms with Gasteiger partial charge in [-0.2, -0.15) is 0 Å². The Morgan fingerprint density at radius 3 is 2.53 bits per heavy atom. The van der Waals surface area contributed by atoms with Crippen LogP contribution in [0.25, 0.3) is 0 Å². The fraction of sp³-hybridized carbons (Fsp3) is 0.364. The van der Waals surface area contributed by atoms with E-state index in [1.54, 1.807) is 31.2 Å². The van der Waals surface area contributed by atoms with Crippen LogP contribution in [0.2, 0.25) is 0 Å². The van der Waals surface area contributed by atoms with Crippen molar-refractivity contribution in [3.05, 3.63) is 24.3 Å². The predicted octanol–water partition coefficient (Wildman–Crippen LogP) is 1.80. The summed E-state index contributed by atoms with van der Waals surface area (Å²) in [6.45, 7) is 3.20. The molecule has 6 heteroatoms. The molecule has 5 nitrogen and oxygen atoms in total. The first-order chi connectivity index (χ1) is 7.93. The molecule has 0 unspecified atom stereocenters. The molecule has 0 fully saturated rings. The van der Waals surface area contributed by atoms with E-state index < -0.39 is 10.0 Å². The van der Waals surface area contributed by atoms with Crippen LogP contribution in [0.3, 0.4) is 0 Å². The Balaban J connectivity index is 2.82. The van der Waals surface area contributed by atoms with Crippen LogP contribution in [0.15, 0.2) is 24.3 Å². The Bertz CT molecular complexity index is 497. The second-order valence-electron chi connectivity index (χ2n) is 3.68. The van der Waals surface area contributed by atoms with Gasteiger partial charge in [-0.15, -0.1) is 0 Å². The minimum Gasteiger partial charge on any atom is -0.326 e. The van der Waals surface area contributed by atoms with Gasteiger partial charge < -0.3 is 5.32 Å². The van der Waals surface area contributed by atoms with Gasteiger partial charge in [-0.25, -0.2) is 8.42 Å². The molecule has 0 bridgehead atoms. The van der Waals surface area contributed by atoms with Crippen LogP contribution in [-0.2, 0) is 14.8 Å². The summed E-state index contributed by atoms with van der Waals surface area (Å²) in [6, 6.07) is 6.58. The van der Waals surface area contributed by atoms with Crippen LogP contribution < -0.4 is 10.0 Å². The van der Waals surface area contributed by atoms with Crippen molar-refractivity contribution in [3.63, 3.8) is 0 Å². The molecule has 0 saturated heterocycles. The first-order valence-electron chi connectivity index (χ1n) is 5.31. The van der Waals surface area contributed by atoms with Crippen molar-refractivity contribution >= 4 is 27.3 Å². The molecule has 0 spiro atoms. The molecule has 0 aliphatic heterocycles. The average molecular weight is 256 g/mol. The van der Waals surface area contributed by atoms with Gasteiger partial charge in [0.05, 0.1) is 11.4 Å². The van der Waals surface area contributed by atoms with E-state index in [-0.39, 0.29) is 11.7 Å². The minimum absolute atomic E-state index is 0.0807. The van der Waals surface area contributed by atoms with Gasteiger partial charge in [-0.1, -0.05) is 13.0 Å². The second kappa shape index (κ2) is 5.67. The minimum atomic E-state index is -3.29. The Morgan fingerprint density at radius 2 is 1.94 bits per heavy atom. The van der Waals surface area contributed by atoms with Crippen LogP contribution in [-0.4, -0.2) is 20.1 Å². The van der Waals surface area contributed by atoms with E-state index in [9.17, 15) is 13.2 Å². The smallest absolute Gasteiger partial charge is 0.232 e. The molecule has 94 valence electrons. The number of carbonyl (C=O) groups is 1. The highest BCUT2D eigenvalue weighted by Gasteiger charge is 2.08. The zero-order chi connectivity index (χ0) is 12.9. The highest BCUT2D eigenvalue weighted by atomic mass is 32.2. The van der Waals surface area contributed by atoms with Crippen LogP contribution in [0.1, 0.15) is 20.3 Å². The number of hydrogen-bond acceptors (Lipinski definition) is 3. The second-order valence-corrected chi connectivity index (χ2v) is 5.52. The van der Waals surface area contributed by atoms with Gasteiger partial charge in [0.2, 0.25) is 15.9 Å². The van der Waals surface area contributed by atoms with Crippen LogP contribution in [0.5, 0.6) is 0 Å². The lowest BCUT2D eigenvalue weighted by atomic mass is 10.3. The fourth-order valence-electron chi connectivity index (χ4n) is 1.36. The van der Waals surface area contributed by atoms with Gasteiger partial charge in [0.25, 0.3) is 0 Å². The molecule has 0 aromatic heterocycles. The number of anilines is 2. The maximum absolute atomic E-state index is 11.5. The van der Waals surface area contributed by atoms with Crippen LogP contribution in [0.4, 0.5) is 11.4 Å². The molecular formula is C11H16N2O3S. The molecule has 1 amide bonds. The fourth-order valence-corrected chi connectivity index (χ4v) is 2.49. The predicted molar refractivity (Wildman–Crippen MR) is 68.4 cm³/mol. The number of rotatable bonds is 5. The molecule has 1 rings (SSSR count). The maximum Gasteiger partial charge on any atom is 0.232 e. The van der Waals surface area contributed by atoms with Gasteiger partial charge in [0.15, 0.2) is 0 Å². The monoisotopic (exact) mass is 256 g/mol. The normalized spacial score (nSPS) is 10.9. The topological polar surface area (TPSA) is 75.3 Å². The molecular weight excluding hydrogens is 240 g/mol. The first-order valence-corrected chi connectivity index (χ1v) is 6.96. The third-order valence-electron chi connectivity index (χ3n) is 1.93. The lowest BCUT2D eigenvalue weighted by Crippen LogP contribution is -2.16. The van der Waals surface area contributed by atoms with E-state index in [2.05, 4.69) is 10.0 Å². The van der Waals surface area contributed by atoms with Gasteiger partial charge in [0.1, 0.15) is 0 Å². The number of hydrogen-bond donors (Lipinski definition) is 2. The summed E-state index contributed by atoms with van der Waals surface area (Å²) in [4.78, 5) is 10.9. The van der Waals surface area contributed by atoms with Crippen molar-refractivity contribution in [1.29, 1.82) is 0 Å². The average Bonchev–Trinajstić information content (AvgIpc) is 2.15. The van der Waals surface area contributed by atoms with Crippen molar-refractivity contribution in [2.24, 2.45) is 0 Å². The zero-order valence-electron chi connectivity index (χ0n) is 9.86. The Hall–Kier alpha value is -1.56. The third-order valence-corrected chi connectivity index (χ3v) is 3.42. The molecule has 2 N–H and O–H groups in total. The number of nitrogens with one attached hydrogen (secondary N) is 2. The molecule has 0 aliphatic carbocycles. The van der Waals surface area contributed by atoms with E-state index >= 15 is 0 Å². The molecule has 0 saturated carbocycles. The van der Waals surface area contributed by atoms with E-state index in [1.165, 1.54) is 6.92 Å². The number of benzene rings is 1. The molecule has 0 aliphatic rings. The summed E-state index contributed by atoms with van der Waals surface area (Å²) in [5.41, 5.74) is 1.01. The van der Waals surface area contributed by atoms with Crippen molar-refractivity contribution in [1.82, 2.24) is 0 Å². The highest BCUT2D eigenvalue weighted by Crippen LogP contribution is 2.16. The van der Waals surface area contributed by atoms with Crippen molar-refractivity contribution < 1.29 is 13.2 Å². The number of carbonyl (C=O) groups excluding carboxylic acids is 1. The van der Waals surface area contributed by atoms with E-state index in [1.807, 2.05) is 0 Å². The lowest BCUT2D eigenvalue weighted by molar-refractivity contribution is -0.114. The van der Waals surface area contributed by atoms with E-state index in [0.717, 1.165) is 0 Å². The summed E-state index contributed by atoms with van der Waals surface area (Å²) in [5, 5.41) is 2.59. The van der Waals surface area contributed by atoms with Crippen LogP contribution in [0, 0.1) is 0 Å². The maximum atomic E-state index is 11.5. The summed E-state index contributed by atoms with van der Waals surface area (Å²) >= 11 is 0. The van der Waals surface area contributed by atoms with Crippen molar-refractivity contribution in [2.45, 2.75) is 20.3 Å². The Kier molecular flexibility index (Phi) is 4.51. The van der Waals surface area contributed by atoms with E-state index in [4.69, 9.17) is 0 Å². The Labute approximate surface area is 101 Å². The summed E-state index contributed by atoms with van der Waals surface area (Å²) in [7, 11) is -3.29. The lowest BCUT2D eigenvalue weighted by Gasteiger charge is -2.08. The van der Waals surface area contributed by atoms with Gasteiger partial charge >= 0.3 is 0 Å². The van der Waals surface area contributed by atoms with Gasteiger partial charge in [0, 0.05) is 12.6 Å². The SMILES string of the molecule is CCCS(=O)(=O)Nc1cccc(NC(C)=O)c1. The standard InChI is InChI=1S/C11H16N2O3S/c1-3-7-17(15,16)13-11-6-4-5-10(8-11)12-9(2)14/h4-6,8,13H,3,7H2,1-2H3,(H,12,14). The number of sulfonamides is 1. The summed E-state index contributed by atoms with van der Waals surface area (Å²) in [6.07, 6.45) is 0.556. The summed E-state index contributed by atoms with van der Waals surface area (Å²) in [5.74, 6) is -0.115. The highest BCUT2D eigenvalue weighted by molar-refractivity contribution is 7.92. The molecule has 1 aromatic carbocycles.